The van der Waals surface area contributed by atoms with E-state index in [0.29, 0.717) is 17.1 Å². The van der Waals surface area contributed by atoms with Crippen LogP contribution in [0.5, 0.6) is 11.5 Å². The predicted molar refractivity (Wildman–Crippen MR) is 77.9 cm³/mol. The largest absolute Gasteiger partial charge is 0.497 e. The highest BCUT2D eigenvalue weighted by Gasteiger charge is 2.17. The van der Waals surface area contributed by atoms with E-state index >= 15 is 0 Å². The number of carboxylic acid groups (broad SMARTS) is 1. The Bertz CT molecular complexity index is 513. The van der Waals surface area contributed by atoms with E-state index in [1.807, 2.05) is 13.8 Å². The first-order chi connectivity index (χ1) is 9.85. The zero-order valence-electron chi connectivity index (χ0n) is 12.7. The Morgan fingerprint density at radius 2 is 1.95 bits per heavy atom. The van der Waals surface area contributed by atoms with Crippen molar-refractivity contribution in [2.75, 3.05) is 13.7 Å². The van der Waals surface area contributed by atoms with E-state index in [1.54, 1.807) is 18.2 Å². The van der Waals surface area contributed by atoms with Crippen molar-refractivity contribution >= 4 is 11.9 Å². The average molecular weight is 295 g/mol. The summed E-state index contributed by atoms with van der Waals surface area (Å²) in [6, 6.07) is 4.88. The Balaban J connectivity index is 2.89. The van der Waals surface area contributed by atoms with Crippen molar-refractivity contribution in [3.8, 4) is 11.5 Å². The van der Waals surface area contributed by atoms with Crippen molar-refractivity contribution in [2.45, 2.75) is 26.9 Å². The Hall–Kier alpha value is -2.24. The maximum atomic E-state index is 12.1. The summed E-state index contributed by atoms with van der Waals surface area (Å²) < 4.78 is 10.7. The molecule has 1 unspecified atom stereocenters. The van der Waals surface area contributed by atoms with Gasteiger partial charge in [-0.15, -0.1) is 0 Å². The zero-order chi connectivity index (χ0) is 16.0. The highest BCUT2D eigenvalue weighted by Crippen LogP contribution is 2.25. The molecule has 1 amide bonds. The van der Waals surface area contributed by atoms with Gasteiger partial charge in [-0.25, -0.2) is 0 Å². The molecule has 0 aliphatic heterocycles. The smallest absolute Gasteiger partial charge is 0.308 e. The molecule has 0 saturated carbocycles. The first-order valence-electron chi connectivity index (χ1n) is 6.70. The molecular formula is C15H21NO5. The van der Waals surface area contributed by atoms with E-state index in [4.69, 9.17) is 14.6 Å². The Morgan fingerprint density at radius 1 is 1.29 bits per heavy atom. The van der Waals surface area contributed by atoms with Crippen molar-refractivity contribution < 1.29 is 24.2 Å². The molecule has 0 bridgehead atoms. The van der Waals surface area contributed by atoms with Gasteiger partial charge in [-0.05, 0) is 26.0 Å². The fraction of sp³-hybridized carbons (Fsp3) is 0.467. The number of rotatable bonds is 7. The molecule has 2 N–H and O–H groups in total. The van der Waals surface area contributed by atoms with Gasteiger partial charge in [0.2, 0.25) is 0 Å². The number of ether oxygens (including phenoxy) is 2. The molecule has 21 heavy (non-hydrogen) atoms. The molecule has 6 heteroatoms. The third kappa shape index (κ3) is 4.98. The van der Waals surface area contributed by atoms with Gasteiger partial charge in [0.1, 0.15) is 11.5 Å². The second kappa shape index (κ2) is 7.52. The number of amides is 1. The number of nitrogens with one attached hydrogen (secondary N) is 1. The lowest BCUT2D eigenvalue weighted by molar-refractivity contribution is -0.140. The van der Waals surface area contributed by atoms with Crippen LogP contribution >= 0.6 is 0 Å². The molecular weight excluding hydrogens is 274 g/mol. The SMILES string of the molecule is COc1ccc(C(=O)NCC(C)C(=O)O)c(OC(C)C)c1. The molecule has 1 aromatic rings. The monoisotopic (exact) mass is 295 g/mol. The van der Waals surface area contributed by atoms with Crippen LogP contribution < -0.4 is 14.8 Å². The van der Waals surface area contributed by atoms with Gasteiger partial charge in [0.25, 0.3) is 5.91 Å². The third-order valence-corrected chi connectivity index (χ3v) is 2.79. The standard InChI is InChI=1S/C15H21NO5/c1-9(2)21-13-7-11(20-4)5-6-12(13)14(17)16-8-10(3)15(18)19/h5-7,9-10H,8H2,1-4H3,(H,16,17)(H,18,19). The van der Waals surface area contributed by atoms with Gasteiger partial charge in [-0.3, -0.25) is 9.59 Å². The third-order valence-electron chi connectivity index (χ3n) is 2.79. The van der Waals surface area contributed by atoms with E-state index in [2.05, 4.69) is 5.32 Å². The topological polar surface area (TPSA) is 84.9 Å². The molecule has 0 aliphatic carbocycles. The lowest BCUT2D eigenvalue weighted by Gasteiger charge is -2.16. The van der Waals surface area contributed by atoms with Gasteiger partial charge in [0.05, 0.1) is 24.7 Å². The summed E-state index contributed by atoms with van der Waals surface area (Å²) in [5.41, 5.74) is 0.349. The first kappa shape index (κ1) is 16.8. The highest BCUT2D eigenvalue weighted by atomic mass is 16.5. The number of aliphatic carboxylic acids is 1. The molecule has 0 saturated heterocycles. The molecule has 0 fully saturated rings. The highest BCUT2D eigenvalue weighted by molar-refractivity contribution is 5.97. The van der Waals surface area contributed by atoms with Crippen LogP contribution in [0.4, 0.5) is 0 Å². The van der Waals surface area contributed by atoms with Crippen molar-refractivity contribution in [1.29, 1.82) is 0 Å². The van der Waals surface area contributed by atoms with Gasteiger partial charge in [-0.2, -0.15) is 0 Å². The molecule has 1 atom stereocenters. The number of methoxy groups -OCH3 is 1. The molecule has 1 aromatic carbocycles. The van der Waals surface area contributed by atoms with Gasteiger partial charge in [0.15, 0.2) is 0 Å². The average Bonchev–Trinajstić information content (AvgIpc) is 2.43. The molecule has 0 radical (unpaired) electrons. The fourth-order valence-corrected chi connectivity index (χ4v) is 1.60. The maximum Gasteiger partial charge on any atom is 0.308 e. The quantitative estimate of drug-likeness (QED) is 0.803. The lowest BCUT2D eigenvalue weighted by Crippen LogP contribution is -2.31. The van der Waals surface area contributed by atoms with Crippen LogP contribution in [0.15, 0.2) is 18.2 Å². The number of benzene rings is 1. The second-order valence-electron chi connectivity index (χ2n) is 4.98. The molecule has 0 spiro atoms. The Labute approximate surface area is 124 Å². The zero-order valence-corrected chi connectivity index (χ0v) is 12.7. The molecule has 116 valence electrons. The van der Waals surface area contributed by atoms with Crippen LogP contribution in [-0.2, 0) is 4.79 Å². The fourth-order valence-electron chi connectivity index (χ4n) is 1.60. The van der Waals surface area contributed by atoms with E-state index in [0.717, 1.165) is 0 Å². The molecule has 0 heterocycles. The number of hydrogen-bond donors (Lipinski definition) is 2. The summed E-state index contributed by atoms with van der Waals surface area (Å²) >= 11 is 0. The molecule has 6 nitrogen and oxygen atoms in total. The van der Waals surface area contributed by atoms with Crippen LogP contribution in [0.2, 0.25) is 0 Å². The van der Waals surface area contributed by atoms with Crippen molar-refractivity contribution in [3.05, 3.63) is 23.8 Å². The lowest BCUT2D eigenvalue weighted by atomic mass is 10.1. The number of carbonyl (C=O) groups is 2. The molecule has 0 aromatic heterocycles. The van der Waals surface area contributed by atoms with Gasteiger partial charge < -0.3 is 19.9 Å². The normalized spacial score (nSPS) is 11.9. The van der Waals surface area contributed by atoms with Crippen LogP contribution in [0.25, 0.3) is 0 Å². The summed E-state index contributed by atoms with van der Waals surface area (Å²) in [6.07, 6.45) is -0.0957. The van der Waals surface area contributed by atoms with Crippen LogP contribution in [0.1, 0.15) is 31.1 Å². The van der Waals surface area contributed by atoms with Crippen LogP contribution in [0, 0.1) is 5.92 Å². The number of hydrogen-bond acceptors (Lipinski definition) is 4. The van der Waals surface area contributed by atoms with Gasteiger partial charge in [0, 0.05) is 12.6 Å². The first-order valence-corrected chi connectivity index (χ1v) is 6.70. The van der Waals surface area contributed by atoms with E-state index in [9.17, 15) is 9.59 Å². The maximum absolute atomic E-state index is 12.1. The van der Waals surface area contributed by atoms with Crippen molar-refractivity contribution in [1.82, 2.24) is 5.32 Å². The minimum atomic E-state index is -0.955. The Morgan fingerprint density at radius 3 is 2.48 bits per heavy atom. The number of carboxylic acids is 1. The summed E-state index contributed by atoms with van der Waals surface area (Å²) in [4.78, 5) is 22.9. The summed E-state index contributed by atoms with van der Waals surface area (Å²) in [5, 5.41) is 11.4. The molecule has 0 aliphatic rings. The van der Waals surface area contributed by atoms with Crippen LogP contribution in [0.3, 0.4) is 0 Å². The summed E-state index contributed by atoms with van der Waals surface area (Å²) in [6.45, 7) is 5.30. The number of carbonyl (C=O) groups excluding carboxylic acids is 1. The van der Waals surface area contributed by atoms with Crippen LogP contribution in [-0.4, -0.2) is 36.7 Å². The van der Waals surface area contributed by atoms with E-state index < -0.39 is 11.9 Å². The van der Waals surface area contributed by atoms with Gasteiger partial charge >= 0.3 is 5.97 Å². The predicted octanol–water partition coefficient (Wildman–Crippen LogP) is 1.93. The Kier molecular flexibility index (Phi) is 6.02. The molecule has 1 rings (SSSR count). The van der Waals surface area contributed by atoms with Gasteiger partial charge in [-0.1, -0.05) is 6.92 Å². The van der Waals surface area contributed by atoms with E-state index in [-0.39, 0.29) is 18.6 Å². The van der Waals surface area contributed by atoms with Crippen molar-refractivity contribution in [2.24, 2.45) is 5.92 Å². The minimum absolute atomic E-state index is 0.0569. The summed E-state index contributed by atoms with van der Waals surface area (Å²) in [7, 11) is 1.53. The second-order valence-corrected chi connectivity index (χ2v) is 4.98. The summed E-state index contributed by atoms with van der Waals surface area (Å²) in [5.74, 6) is -0.988. The van der Waals surface area contributed by atoms with E-state index in [1.165, 1.54) is 14.0 Å². The van der Waals surface area contributed by atoms with Crippen molar-refractivity contribution in [3.63, 3.8) is 0 Å². The minimum Gasteiger partial charge on any atom is -0.497 e.